The second-order valence-electron chi connectivity index (χ2n) is 6.93. The summed E-state index contributed by atoms with van der Waals surface area (Å²) in [6.07, 6.45) is 0. The minimum Gasteiger partial charge on any atom is -0.497 e. The largest absolute Gasteiger partial charge is 0.497 e. The van der Waals surface area contributed by atoms with E-state index in [-0.39, 0.29) is 6.54 Å². The lowest BCUT2D eigenvalue weighted by Gasteiger charge is -2.17. The monoisotopic (exact) mass is 454 g/mol. The van der Waals surface area contributed by atoms with Gasteiger partial charge in [0.1, 0.15) is 17.1 Å². The van der Waals surface area contributed by atoms with Crippen molar-refractivity contribution in [3.05, 3.63) is 65.0 Å². The van der Waals surface area contributed by atoms with Crippen molar-refractivity contribution in [2.24, 2.45) is 0 Å². The normalized spacial score (nSPS) is 10.4. The van der Waals surface area contributed by atoms with Gasteiger partial charge >= 0.3 is 11.6 Å². The molecule has 1 aromatic heterocycles. The molecule has 3 rings (SSSR count). The van der Waals surface area contributed by atoms with Gasteiger partial charge in [-0.25, -0.2) is 9.59 Å². The van der Waals surface area contributed by atoms with Gasteiger partial charge in [-0.15, -0.1) is 0 Å². The summed E-state index contributed by atoms with van der Waals surface area (Å²) in [6, 6.07) is 14.5. The van der Waals surface area contributed by atoms with Crippen LogP contribution < -0.4 is 20.4 Å². The Morgan fingerprint density at radius 3 is 2.58 bits per heavy atom. The predicted molar refractivity (Wildman–Crippen MR) is 118 cm³/mol. The van der Waals surface area contributed by atoms with Crippen LogP contribution >= 0.6 is 0 Å². The molecule has 0 saturated carbocycles. The average molecular weight is 454 g/mol. The van der Waals surface area contributed by atoms with Gasteiger partial charge in [0.25, 0.3) is 5.91 Å². The molecule has 0 radical (unpaired) electrons. The molecule has 1 N–H and O–H groups in total. The molecule has 3 aromatic rings. The van der Waals surface area contributed by atoms with Crippen LogP contribution in [0.3, 0.4) is 0 Å². The van der Waals surface area contributed by atoms with Crippen molar-refractivity contribution < 1.29 is 33.0 Å². The third kappa shape index (κ3) is 6.82. The number of nitrogens with one attached hydrogen (secondary N) is 1. The number of amides is 2. The smallest absolute Gasteiger partial charge is 0.344 e. The fraction of sp³-hybridized carbons (Fsp3) is 0.217. The molecule has 0 unspecified atom stereocenters. The van der Waals surface area contributed by atoms with E-state index in [0.29, 0.717) is 28.2 Å². The lowest BCUT2D eigenvalue weighted by molar-refractivity contribution is -0.153. The Morgan fingerprint density at radius 1 is 1.00 bits per heavy atom. The van der Waals surface area contributed by atoms with Crippen LogP contribution in [0.5, 0.6) is 11.5 Å². The minimum atomic E-state index is -0.771. The first-order valence-electron chi connectivity index (χ1n) is 9.84. The van der Waals surface area contributed by atoms with Crippen molar-refractivity contribution in [2.45, 2.75) is 0 Å². The lowest BCUT2D eigenvalue weighted by Crippen LogP contribution is -2.37. The molecule has 0 aliphatic heterocycles. The Balaban J connectivity index is 1.42. The quantitative estimate of drug-likeness (QED) is 0.384. The van der Waals surface area contributed by atoms with Crippen LogP contribution in [0.25, 0.3) is 11.0 Å². The maximum Gasteiger partial charge on any atom is 0.344 e. The molecule has 2 aromatic carbocycles. The highest BCUT2D eigenvalue weighted by Crippen LogP contribution is 2.19. The molecule has 33 heavy (non-hydrogen) atoms. The number of carbonyl (C=O) groups is 3. The van der Waals surface area contributed by atoms with E-state index in [0.717, 1.165) is 4.90 Å². The number of benzene rings is 2. The number of esters is 1. The summed E-state index contributed by atoms with van der Waals surface area (Å²) in [7, 11) is 2.93. The van der Waals surface area contributed by atoms with Gasteiger partial charge in [-0.3, -0.25) is 9.59 Å². The summed E-state index contributed by atoms with van der Waals surface area (Å²) in [5.41, 5.74) is 0.341. The standard InChI is InChI=1S/C23H22N2O8/c1-25(12-20(26)24-16-4-3-5-17(10-16)30-2)21(27)13-32-23(29)14-31-18-8-6-15-7-9-22(28)33-19(15)11-18/h3-11H,12-14H2,1-2H3,(H,24,26). The fourth-order valence-corrected chi connectivity index (χ4v) is 2.77. The number of hydrogen-bond donors (Lipinski definition) is 1. The van der Waals surface area contributed by atoms with E-state index in [9.17, 15) is 19.2 Å². The molecule has 10 heteroatoms. The van der Waals surface area contributed by atoms with E-state index in [2.05, 4.69) is 5.32 Å². The zero-order valence-corrected chi connectivity index (χ0v) is 18.0. The summed E-state index contributed by atoms with van der Waals surface area (Å²) in [6.45, 7) is -1.22. The highest BCUT2D eigenvalue weighted by atomic mass is 16.6. The average Bonchev–Trinajstić information content (AvgIpc) is 2.80. The van der Waals surface area contributed by atoms with Gasteiger partial charge in [-0.05, 0) is 30.3 Å². The van der Waals surface area contributed by atoms with Crippen molar-refractivity contribution in [3.8, 4) is 11.5 Å². The zero-order valence-electron chi connectivity index (χ0n) is 18.0. The van der Waals surface area contributed by atoms with Gasteiger partial charge in [0.2, 0.25) is 5.91 Å². The molecule has 0 fully saturated rings. The molecule has 2 amide bonds. The number of rotatable bonds is 9. The zero-order chi connectivity index (χ0) is 23.8. The number of fused-ring (bicyclic) bond motifs is 1. The van der Waals surface area contributed by atoms with Gasteiger partial charge in [0, 0.05) is 36.3 Å². The van der Waals surface area contributed by atoms with Gasteiger partial charge in [-0.2, -0.15) is 0 Å². The third-order valence-electron chi connectivity index (χ3n) is 4.47. The fourth-order valence-electron chi connectivity index (χ4n) is 2.77. The Hall–Kier alpha value is -4.34. The van der Waals surface area contributed by atoms with Crippen LogP contribution in [0.1, 0.15) is 0 Å². The summed E-state index contributed by atoms with van der Waals surface area (Å²) < 4.78 is 20.4. The van der Waals surface area contributed by atoms with Crippen LogP contribution in [-0.2, 0) is 19.1 Å². The van der Waals surface area contributed by atoms with Crippen molar-refractivity contribution in [1.29, 1.82) is 0 Å². The second kappa shape index (κ2) is 10.8. The number of carbonyl (C=O) groups excluding carboxylic acids is 3. The Bertz CT molecular complexity index is 1220. The van der Waals surface area contributed by atoms with E-state index in [4.69, 9.17) is 18.6 Å². The molecule has 172 valence electrons. The number of likely N-dealkylation sites (N-methyl/N-ethyl adjacent to an activating group) is 1. The van der Waals surface area contributed by atoms with E-state index < -0.39 is 36.6 Å². The first-order chi connectivity index (χ1) is 15.8. The van der Waals surface area contributed by atoms with Crippen LogP contribution in [0, 0.1) is 0 Å². The maximum absolute atomic E-state index is 12.2. The highest BCUT2D eigenvalue weighted by Gasteiger charge is 2.16. The molecule has 0 atom stereocenters. The lowest BCUT2D eigenvalue weighted by atomic mass is 10.2. The first kappa shape index (κ1) is 23.3. The summed E-state index contributed by atoms with van der Waals surface area (Å²) >= 11 is 0. The van der Waals surface area contributed by atoms with Crippen molar-refractivity contribution >= 4 is 34.4 Å². The Morgan fingerprint density at radius 2 is 1.79 bits per heavy atom. The molecule has 0 aliphatic carbocycles. The summed E-state index contributed by atoms with van der Waals surface area (Å²) in [4.78, 5) is 48.6. The number of hydrogen-bond acceptors (Lipinski definition) is 8. The van der Waals surface area contributed by atoms with Gasteiger partial charge in [-0.1, -0.05) is 6.07 Å². The third-order valence-corrected chi connectivity index (χ3v) is 4.47. The Labute approximate surface area is 188 Å². The Kier molecular flexibility index (Phi) is 7.64. The number of anilines is 1. The molecule has 0 saturated heterocycles. The topological polar surface area (TPSA) is 124 Å². The molecule has 10 nitrogen and oxygen atoms in total. The number of methoxy groups -OCH3 is 1. The van der Waals surface area contributed by atoms with E-state index in [1.807, 2.05) is 0 Å². The van der Waals surface area contributed by atoms with Crippen LogP contribution in [0.2, 0.25) is 0 Å². The predicted octanol–water partition coefficient (Wildman–Crippen LogP) is 1.82. The first-order valence-corrected chi connectivity index (χ1v) is 9.84. The van der Waals surface area contributed by atoms with Crippen LogP contribution in [-0.4, -0.2) is 56.6 Å². The van der Waals surface area contributed by atoms with Crippen molar-refractivity contribution in [1.82, 2.24) is 4.90 Å². The maximum atomic E-state index is 12.2. The van der Waals surface area contributed by atoms with Crippen molar-refractivity contribution in [3.63, 3.8) is 0 Å². The van der Waals surface area contributed by atoms with E-state index >= 15 is 0 Å². The van der Waals surface area contributed by atoms with Gasteiger partial charge in [0.05, 0.1) is 13.7 Å². The molecule has 1 heterocycles. The molecular weight excluding hydrogens is 432 g/mol. The molecular formula is C23H22N2O8. The van der Waals surface area contributed by atoms with Gasteiger partial charge in [0.15, 0.2) is 13.2 Å². The van der Waals surface area contributed by atoms with Gasteiger partial charge < -0.3 is 28.8 Å². The second-order valence-corrected chi connectivity index (χ2v) is 6.93. The molecule has 0 spiro atoms. The molecule has 0 aliphatic rings. The highest BCUT2D eigenvalue weighted by molar-refractivity contribution is 5.95. The van der Waals surface area contributed by atoms with E-state index in [1.165, 1.54) is 26.3 Å². The number of nitrogens with zero attached hydrogens (tertiary/aromatic N) is 1. The summed E-state index contributed by atoms with van der Waals surface area (Å²) in [5, 5.41) is 3.36. The minimum absolute atomic E-state index is 0.230. The number of ether oxygens (including phenoxy) is 3. The van der Waals surface area contributed by atoms with E-state index in [1.54, 1.807) is 42.5 Å². The van der Waals surface area contributed by atoms with Crippen LogP contribution in [0.15, 0.2) is 63.8 Å². The van der Waals surface area contributed by atoms with Crippen molar-refractivity contribution in [2.75, 3.05) is 39.2 Å². The SMILES string of the molecule is COc1cccc(NC(=O)CN(C)C(=O)COC(=O)COc2ccc3ccc(=O)oc3c2)c1. The van der Waals surface area contributed by atoms with Crippen LogP contribution in [0.4, 0.5) is 5.69 Å². The summed E-state index contributed by atoms with van der Waals surface area (Å²) in [5.74, 6) is -0.869. The molecule has 0 bridgehead atoms.